The molecule has 0 radical (unpaired) electrons. The van der Waals surface area contributed by atoms with Crippen molar-refractivity contribution in [1.29, 1.82) is 0 Å². The second-order valence-corrected chi connectivity index (χ2v) is 6.87. The van der Waals surface area contributed by atoms with Crippen LogP contribution in [0.4, 0.5) is 0 Å². The summed E-state index contributed by atoms with van der Waals surface area (Å²) in [5, 5.41) is 19.5. The Bertz CT molecular complexity index is 292. The van der Waals surface area contributed by atoms with Gasteiger partial charge in [-0.2, -0.15) is 0 Å². The Kier molecular flexibility index (Phi) is 3.92. The van der Waals surface area contributed by atoms with Gasteiger partial charge in [0.15, 0.2) is 5.60 Å². The molecule has 0 amide bonds. The van der Waals surface area contributed by atoms with Gasteiger partial charge in [-0.25, -0.2) is 4.79 Å². The summed E-state index contributed by atoms with van der Waals surface area (Å²) in [4.78, 5) is 11.2. The first-order chi connectivity index (χ1) is 7.58. The van der Waals surface area contributed by atoms with Crippen LogP contribution in [-0.2, 0) is 4.79 Å². The molecule has 0 bridgehead atoms. The third-order valence-corrected chi connectivity index (χ3v) is 4.46. The topological polar surface area (TPSA) is 57.5 Å². The van der Waals surface area contributed by atoms with Crippen molar-refractivity contribution in [3.8, 4) is 0 Å². The molecule has 0 aromatic carbocycles. The molecule has 0 saturated heterocycles. The van der Waals surface area contributed by atoms with E-state index >= 15 is 0 Å². The molecule has 3 atom stereocenters. The first-order valence-electron chi connectivity index (χ1n) is 6.53. The van der Waals surface area contributed by atoms with Crippen molar-refractivity contribution in [3.05, 3.63) is 0 Å². The van der Waals surface area contributed by atoms with Crippen LogP contribution < -0.4 is 0 Å². The number of aliphatic hydroxyl groups is 1. The summed E-state index contributed by atoms with van der Waals surface area (Å²) in [6.07, 6.45) is 2.91. The molecule has 1 aliphatic carbocycles. The van der Waals surface area contributed by atoms with Gasteiger partial charge in [0.05, 0.1) is 0 Å². The highest BCUT2D eigenvalue weighted by atomic mass is 16.4. The number of hydrogen-bond donors (Lipinski definition) is 2. The molecule has 1 aliphatic rings. The summed E-state index contributed by atoms with van der Waals surface area (Å²) in [7, 11) is 0. The number of carbonyl (C=O) groups is 1. The van der Waals surface area contributed by atoms with Gasteiger partial charge in [-0.3, -0.25) is 0 Å². The van der Waals surface area contributed by atoms with E-state index in [1.807, 2.05) is 0 Å². The van der Waals surface area contributed by atoms with Gasteiger partial charge in [0, 0.05) is 5.92 Å². The molecule has 0 aliphatic heterocycles. The van der Waals surface area contributed by atoms with Crippen LogP contribution in [-0.4, -0.2) is 21.8 Å². The van der Waals surface area contributed by atoms with E-state index in [0.29, 0.717) is 11.8 Å². The van der Waals surface area contributed by atoms with Crippen LogP contribution in [0.15, 0.2) is 0 Å². The van der Waals surface area contributed by atoms with Crippen molar-refractivity contribution >= 4 is 5.97 Å². The minimum absolute atomic E-state index is 0.134. The molecule has 3 heteroatoms. The van der Waals surface area contributed by atoms with Crippen molar-refractivity contribution in [3.63, 3.8) is 0 Å². The predicted octanol–water partition coefficient (Wildman–Crippen LogP) is 2.92. The number of aliphatic carboxylic acids is 1. The molecule has 0 unspecified atom stereocenters. The number of hydrogen-bond acceptors (Lipinski definition) is 2. The second kappa shape index (κ2) is 4.60. The normalized spacial score (nSPS) is 32.2. The molecule has 3 nitrogen and oxygen atoms in total. The summed E-state index contributed by atoms with van der Waals surface area (Å²) >= 11 is 0. The van der Waals surface area contributed by atoms with Crippen molar-refractivity contribution in [1.82, 2.24) is 0 Å². The second-order valence-electron chi connectivity index (χ2n) is 6.87. The third kappa shape index (κ3) is 3.01. The minimum atomic E-state index is -1.60. The standard InChI is InChI=1S/C14H26O3/c1-9(2)10-6-7-13(3,4)8-11(10)14(5,17)12(15)16/h9-11,17H,6-8H2,1-5H3,(H,15,16)/t10-,11+,14+/m1/s1. The summed E-state index contributed by atoms with van der Waals surface area (Å²) in [6.45, 7) is 10.0. The Morgan fingerprint density at radius 3 is 2.35 bits per heavy atom. The summed E-state index contributed by atoms with van der Waals surface area (Å²) in [6, 6.07) is 0. The molecule has 100 valence electrons. The zero-order valence-electron chi connectivity index (χ0n) is 11.7. The summed E-state index contributed by atoms with van der Waals surface area (Å²) in [5.74, 6) is -0.523. The van der Waals surface area contributed by atoms with Crippen LogP contribution >= 0.6 is 0 Å². The van der Waals surface area contributed by atoms with Gasteiger partial charge in [-0.1, -0.05) is 27.7 Å². The van der Waals surface area contributed by atoms with Crippen LogP contribution in [0.5, 0.6) is 0 Å². The molecule has 1 rings (SSSR count). The Balaban J connectivity index is 3.00. The molecule has 0 aromatic rings. The Morgan fingerprint density at radius 2 is 1.94 bits per heavy atom. The Hall–Kier alpha value is -0.570. The van der Waals surface area contributed by atoms with Crippen LogP contribution in [0.2, 0.25) is 0 Å². The van der Waals surface area contributed by atoms with Crippen LogP contribution in [0.25, 0.3) is 0 Å². The smallest absolute Gasteiger partial charge is 0.335 e. The third-order valence-electron chi connectivity index (χ3n) is 4.46. The Morgan fingerprint density at radius 1 is 1.41 bits per heavy atom. The lowest BCUT2D eigenvalue weighted by molar-refractivity contribution is -0.170. The maximum atomic E-state index is 11.2. The highest BCUT2D eigenvalue weighted by Crippen LogP contribution is 2.48. The van der Waals surface area contributed by atoms with Crippen molar-refractivity contribution in [2.24, 2.45) is 23.2 Å². The van der Waals surface area contributed by atoms with Crippen molar-refractivity contribution < 1.29 is 15.0 Å². The van der Waals surface area contributed by atoms with Crippen molar-refractivity contribution in [2.75, 3.05) is 0 Å². The average Bonchev–Trinajstić information content (AvgIpc) is 2.15. The van der Waals surface area contributed by atoms with E-state index in [-0.39, 0.29) is 11.3 Å². The fourth-order valence-electron chi connectivity index (χ4n) is 3.18. The number of carboxylic acids is 1. The minimum Gasteiger partial charge on any atom is -0.479 e. The molecule has 17 heavy (non-hydrogen) atoms. The predicted molar refractivity (Wildman–Crippen MR) is 67.7 cm³/mol. The van der Waals surface area contributed by atoms with Gasteiger partial charge in [0.1, 0.15) is 0 Å². The quantitative estimate of drug-likeness (QED) is 0.800. The van der Waals surface area contributed by atoms with E-state index in [0.717, 1.165) is 19.3 Å². The Labute approximate surface area is 104 Å². The molecular formula is C14H26O3. The molecule has 0 aromatic heterocycles. The van der Waals surface area contributed by atoms with Gasteiger partial charge in [0.25, 0.3) is 0 Å². The van der Waals surface area contributed by atoms with Crippen LogP contribution in [0.1, 0.15) is 53.9 Å². The van der Waals surface area contributed by atoms with E-state index in [9.17, 15) is 15.0 Å². The number of rotatable bonds is 3. The molecule has 0 spiro atoms. The van der Waals surface area contributed by atoms with Crippen molar-refractivity contribution in [2.45, 2.75) is 59.5 Å². The van der Waals surface area contributed by atoms with Gasteiger partial charge in [0.2, 0.25) is 0 Å². The summed E-state index contributed by atoms with van der Waals surface area (Å²) < 4.78 is 0. The van der Waals surface area contributed by atoms with Gasteiger partial charge < -0.3 is 10.2 Å². The SMILES string of the molecule is CC(C)[C@H]1CCC(C)(C)C[C@@H]1[C@](C)(O)C(=O)O. The first kappa shape index (κ1) is 14.5. The fourth-order valence-corrected chi connectivity index (χ4v) is 3.18. The summed E-state index contributed by atoms with van der Waals surface area (Å²) in [5.41, 5.74) is -1.47. The molecule has 0 heterocycles. The fraction of sp³-hybridized carbons (Fsp3) is 0.929. The first-order valence-corrected chi connectivity index (χ1v) is 6.53. The lowest BCUT2D eigenvalue weighted by atomic mass is 9.59. The average molecular weight is 242 g/mol. The van der Waals surface area contributed by atoms with Gasteiger partial charge in [-0.15, -0.1) is 0 Å². The number of carboxylic acid groups (broad SMARTS) is 1. The highest BCUT2D eigenvalue weighted by Gasteiger charge is 2.48. The molecular weight excluding hydrogens is 216 g/mol. The lowest BCUT2D eigenvalue weighted by Crippen LogP contribution is -2.50. The van der Waals surface area contributed by atoms with E-state index in [1.54, 1.807) is 0 Å². The highest BCUT2D eigenvalue weighted by molar-refractivity contribution is 5.77. The maximum absolute atomic E-state index is 11.2. The van der Waals surface area contributed by atoms with E-state index in [1.165, 1.54) is 6.92 Å². The monoisotopic (exact) mass is 242 g/mol. The van der Waals surface area contributed by atoms with Crippen LogP contribution in [0, 0.1) is 23.2 Å². The molecule has 1 saturated carbocycles. The van der Waals surface area contributed by atoms with E-state index in [2.05, 4.69) is 27.7 Å². The zero-order chi connectivity index (χ0) is 13.4. The molecule has 2 N–H and O–H groups in total. The van der Waals surface area contributed by atoms with Gasteiger partial charge in [-0.05, 0) is 43.4 Å². The maximum Gasteiger partial charge on any atom is 0.335 e. The van der Waals surface area contributed by atoms with E-state index < -0.39 is 11.6 Å². The van der Waals surface area contributed by atoms with E-state index in [4.69, 9.17) is 0 Å². The van der Waals surface area contributed by atoms with Gasteiger partial charge >= 0.3 is 5.97 Å². The van der Waals surface area contributed by atoms with Crippen LogP contribution in [0.3, 0.4) is 0 Å². The zero-order valence-corrected chi connectivity index (χ0v) is 11.7. The lowest BCUT2D eigenvalue weighted by Gasteiger charge is -2.47. The molecule has 1 fully saturated rings. The largest absolute Gasteiger partial charge is 0.479 e.